The number of carbonyl (C=O) groups excluding carboxylic acids is 2. The summed E-state index contributed by atoms with van der Waals surface area (Å²) in [5.74, 6) is -0.751. The quantitative estimate of drug-likeness (QED) is 0.210. The summed E-state index contributed by atoms with van der Waals surface area (Å²) in [5.41, 5.74) is 7.96. The molecule has 1 saturated heterocycles. The van der Waals surface area contributed by atoms with Gasteiger partial charge in [0.25, 0.3) is 0 Å². The van der Waals surface area contributed by atoms with Crippen LogP contribution in [-0.2, 0) is 20.9 Å². The van der Waals surface area contributed by atoms with Crippen LogP contribution in [0, 0.1) is 11.3 Å². The monoisotopic (exact) mass is 426 g/mol. The molecule has 0 N–H and O–H groups in total. The Labute approximate surface area is 182 Å². The van der Waals surface area contributed by atoms with Crippen molar-refractivity contribution in [3.63, 3.8) is 0 Å². The van der Waals surface area contributed by atoms with Gasteiger partial charge in [0.15, 0.2) is 0 Å². The zero-order chi connectivity index (χ0) is 22.7. The SMILES string of the molecule is C=CCC1CC2(CN(C(=O)OC(C)(C)C)C2)CC1(N=[N+]=[N-])C(=O)OCc1ccccc1. The molecule has 0 radical (unpaired) electrons. The van der Waals surface area contributed by atoms with Crippen LogP contribution in [0.15, 0.2) is 48.1 Å². The number of azide groups is 1. The molecule has 1 aromatic rings. The maximum Gasteiger partial charge on any atom is 0.410 e. The van der Waals surface area contributed by atoms with E-state index in [-0.39, 0.29) is 24.0 Å². The van der Waals surface area contributed by atoms with E-state index < -0.39 is 17.1 Å². The first-order valence-corrected chi connectivity index (χ1v) is 10.5. The summed E-state index contributed by atoms with van der Waals surface area (Å²) in [5, 5.41) is 4.00. The molecule has 8 nitrogen and oxygen atoms in total. The summed E-state index contributed by atoms with van der Waals surface area (Å²) in [6.07, 6.45) is 2.88. The Kier molecular flexibility index (Phi) is 6.32. The maximum absolute atomic E-state index is 13.2. The Morgan fingerprint density at radius 3 is 2.58 bits per heavy atom. The second-order valence-corrected chi connectivity index (χ2v) is 9.61. The molecular formula is C23H30N4O4. The molecule has 166 valence electrons. The third-order valence-electron chi connectivity index (χ3n) is 5.94. The van der Waals surface area contributed by atoms with E-state index in [1.165, 1.54) is 0 Å². The average molecular weight is 427 g/mol. The molecule has 1 aliphatic carbocycles. The first-order valence-electron chi connectivity index (χ1n) is 10.5. The summed E-state index contributed by atoms with van der Waals surface area (Å²) in [6, 6.07) is 9.37. The highest BCUT2D eigenvalue weighted by molar-refractivity contribution is 5.82. The van der Waals surface area contributed by atoms with Crippen LogP contribution in [0.3, 0.4) is 0 Å². The zero-order valence-corrected chi connectivity index (χ0v) is 18.4. The second-order valence-electron chi connectivity index (χ2n) is 9.61. The Hall–Kier alpha value is -2.99. The molecule has 2 fully saturated rings. The Balaban J connectivity index is 1.76. The summed E-state index contributed by atoms with van der Waals surface area (Å²) in [7, 11) is 0. The van der Waals surface area contributed by atoms with Crippen molar-refractivity contribution in [2.24, 2.45) is 16.4 Å². The van der Waals surface area contributed by atoms with Gasteiger partial charge in [0.1, 0.15) is 17.7 Å². The van der Waals surface area contributed by atoms with Crippen molar-refractivity contribution in [3.8, 4) is 0 Å². The maximum atomic E-state index is 13.2. The molecule has 1 aliphatic heterocycles. The fourth-order valence-corrected chi connectivity index (χ4v) is 4.74. The average Bonchev–Trinajstić information content (AvgIpc) is 3.01. The third kappa shape index (κ3) is 4.85. The Morgan fingerprint density at radius 2 is 2.00 bits per heavy atom. The molecular weight excluding hydrogens is 396 g/mol. The van der Waals surface area contributed by atoms with Crippen LogP contribution in [0.4, 0.5) is 4.79 Å². The van der Waals surface area contributed by atoms with Crippen molar-refractivity contribution in [1.29, 1.82) is 0 Å². The third-order valence-corrected chi connectivity index (χ3v) is 5.94. The molecule has 0 aromatic heterocycles. The number of nitrogens with zero attached hydrogens (tertiary/aromatic N) is 4. The fourth-order valence-electron chi connectivity index (χ4n) is 4.74. The number of benzene rings is 1. The highest BCUT2D eigenvalue weighted by Gasteiger charge is 2.63. The summed E-state index contributed by atoms with van der Waals surface area (Å²) in [6.45, 7) is 10.3. The smallest absolute Gasteiger partial charge is 0.410 e. The van der Waals surface area contributed by atoms with Gasteiger partial charge >= 0.3 is 12.1 Å². The molecule has 1 saturated carbocycles. The number of carbonyl (C=O) groups is 2. The van der Waals surface area contributed by atoms with Crippen LogP contribution in [0.1, 0.15) is 45.6 Å². The molecule has 1 aromatic carbocycles. The van der Waals surface area contributed by atoms with Gasteiger partial charge in [-0.15, -0.1) is 6.58 Å². The van der Waals surface area contributed by atoms with Crippen LogP contribution in [-0.4, -0.2) is 41.2 Å². The number of rotatable bonds is 6. The molecule has 1 amide bonds. The van der Waals surface area contributed by atoms with E-state index in [0.29, 0.717) is 32.4 Å². The number of ether oxygens (including phenoxy) is 2. The molecule has 0 bridgehead atoms. The van der Waals surface area contributed by atoms with E-state index >= 15 is 0 Å². The van der Waals surface area contributed by atoms with Crippen molar-refractivity contribution in [2.45, 2.75) is 57.8 Å². The highest BCUT2D eigenvalue weighted by atomic mass is 16.6. The number of esters is 1. The fraction of sp³-hybridized carbons (Fsp3) is 0.565. The lowest BCUT2D eigenvalue weighted by atomic mass is 9.77. The first-order chi connectivity index (χ1) is 14.6. The molecule has 1 spiro atoms. The van der Waals surface area contributed by atoms with Crippen LogP contribution < -0.4 is 0 Å². The number of amides is 1. The Bertz CT molecular complexity index is 883. The van der Waals surface area contributed by atoms with Crippen molar-refractivity contribution in [1.82, 2.24) is 4.90 Å². The summed E-state index contributed by atoms with van der Waals surface area (Å²) >= 11 is 0. The standard InChI is InChI=1S/C23H30N4O4/c1-5-9-18-12-22(15-27(16-22)20(29)31-21(2,3)4)14-23(18,25-26-24)19(28)30-13-17-10-7-6-8-11-17/h5-8,10-11,18H,1,9,12-16H2,2-4H3. The van der Waals surface area contributed by atoms with E-state index in [1.807, 2.05) is 51.1 Å². The number of hydrogen-bond donors (Lipinski definition) is 0. The van der Waals surface area contributed by atoms with Gasteiger partial charge in [-0.05, 0) is 57.0 Å². The van der Waals surface area contributed by atoms with Crippen molar-refractivity contribution in [3.05, 3.63) is 59.0 Å². The van der Waals surface area contributed by atoms with Gasteiger partial charge in [-0.1, -0.05) is 41.5 Å². The number of hydrogen-bond acceptors (Lipinski definition) is 5. The normalized spacial score (nSPS) is 24.1. The number of allylic oxidation sites excluding steroid dienone is 1. The summed E-state index contributed by atoms with van der Waals surface area (Å²) < 4.78 is 11.1. The van der Waals surface area contributed by atoms with Gasteiger partial charge in [0, 0.05) is 23.4 Å². The second kappa shape index (κ2) is 8.63. The molecule has 2 atom stereocenters. The van der Waals surface area contributed by atoms with Gasteiger partial charge in [-0.25, -0.2) is 4.79 Å². The van der Waals surface area contributed by atoms with Crippen molar-refractivity contribution >= 4 is 12.1 Å². The minimum atomic E-state index is -1.31. The number of likely N-dealkylation sites (tertiary alicyclic amines) is 1. The van der Waals surface area contributed by atoms with E-state index in [2.05, 4.69) is 16.6 Å². The first kappa shape index (κ1) is 22.7. The molecule has 2 unspecified atom stereocenters. The topological polar surface area (TPSA) is 105 Å². The van der Waals surface area contributed by atoms with Crippen LogP contribution >= 0.6 is 0 Å². The lowest BCUT2D eigenvalue weighted by molar-refractivity contribution is -0.153. The predicted octanol–water partition coefficient (Wildman–Crippen LogP) is 5.00. The lowest BCUT2D eigenvalue weighted by Crippen LogP contribution is -2.59. The molecule has 31 heavy (non-hydrogen) atoms. The van der Waals surface area contributed by atoms with E-state index in [1.54, 1.807) is 11.0 Å². The van der Waals surface area contributed by atoms with Crippen LogP contribution in [0.25, 0.3) is 10.4 Å². The Morgan fingerprint density at radius 1 is 1.32 bits per heavy atom. The minimum absolute atomic E-state index is 0.111. The molecule has 8 heteroatoms. The van der Waals surface area contributed by atoms with Crippen molar-refractivity contribution < 1.29 is 19.1 Å². The van der Waals surface area contributed by atoms with Gasteiger partial charge in [-0.2, -0.15) is 0 Å². The van der Waals surface area contributed by atoms with E-state index in [4.69, 9.17) is 9.47 Å². The van der Waals surface area contributed by atoms with E-state index in [0.717, 1.165) is 5.56 Å². The zero-order valence-electron chi connectivity index (χ0n) is 18.4. The van der Waals surface area contributed by atoms with Crippen molar-refractivity contribution in [2.75, 3.05) is 13.1 Å². The molecule has 1 heterocycles. The molecule has 3 rings (SSSR count). The minimum Gasteiger partial charge on any atom is -0.460 e. The predicted molar refractivity (Wildman–Crippen MR) is 116 cm³/mol. The van der Waals surface area contributed by atoms with Crippen LogP contribution in [0.5, 0.6) is 0 Å². The summed E-state index contributed by atoms with van der Waals surface area (Å²) in [4.78, 5) is 30.2. The van der Waals surface area contributed by atoms with E-state index in [9.17, 15) is 15.1 Å². The largest absolute Gasteiger partial charge is 0.460 e. The van der Waals surface area contributed by atoms with Gasteiger partial charge in [0.05, 0.1) is 0 Å². The van der Waals surface area contributed by atoms with Gasteiger partial charge in [-0.3, -0.25) is 4.79 Å². The van der Waals surface area contributed by atoms with Gasteiger partial charge in [0.2, 0.25) is 0 Å². The molecule has 2 aliphatic rings. The van der Waals surface area contributed by atoms with Gasteiger partial charge < -0.3 is 14.4 Å². The highest BCUT2D eigenvalue weighted by Crippen LogP contribution is 2.56. The van der Waals surface area contributed by atoms with Crippen LogP contribution in [0.2, 0.25) is 0 Å². The lowest BCUT2D eigenvalue weighted by Gasteiger charge is -2.48.